The van der Waals surface area contributed by atoms with Crippen LogP contribution in [0.4, 0.5) is 0 Å². The van der Waals surface area contributed by atoms with Crippen LogP contribution in [-0.2, 0) is 0 Å². The van der Waals surface area contributed by atoms with Gasteiger partial charge in [0.15, 0.2) is 0 Å². The highest BCUT2D eigenvalue weighted by molar-refractivity contribution is 4.93. The van der Waals surface area contributed by atoms with Crippen LogP contribution < -0.4 is 0 Å². The van der Waals surface area contributed by atoms with Crippen LogP contribution in [-0.4, -0.2) is 57.7 Å². The summed E-state index contributed by atoms with van der Waals surface area (Å²) in [6.45, 7) is 1.15. The molecule has 0 aliphatic carbocycles. The van der Waals surface area contributed by atoms with E-state index in [4.69, 9.17) is 0 Å². The number of nitrogens with zero attached hydrogens (tertiary/aromatic N) is 1. The molecule has 4 nitrogen and oxygen atoms in total. The van der Waals surface area contributed by atoms with Gasteiger partial charge in [0, 0.05) is 19.1 Å². The predicted molar refractivity (Wildman–Crippen MR) is 42.6 cm³/mol. The Kier molecular flexibility index (Phi) is 2.08. The number of hydrogen-bond donors (Lipinski definition) is 3. The van der Waals surface area contributed by atoms with Gasteiger partial charge in [-0.3, -0.25) is 4.90 Å². The minimum atomic E-state index is -0.633. The van der Waals surface area contributed by atoms with Gasteiger partial charge in [0.1, 0.15) is 0 Å². The Balaban J connectivity index is 2.01. The molecule has 0 aromatic rings. The van der Waals surface area contributed by atoms with Gasteiger partial charge in [-0.2, -0.15) is 0 Å². The van der Waals surface area contributed by atoms with Crippen molar-refractivity contribution in [2.75, 3.05) is 13.1 Å². The molecule has 2 aliphatic rings. The zero-order chi connectivity index (χ0) is 8.72. The molecular weight excluding hydrogens is 158 g/mol. The smallest absolute Gasteiger partial charge is 0.0926 e. The maximum atomic E-state index is 9.35. The first-order valence-electron chi connectivity index (χ1n) is 4.45. The Labute approximate surface area is 71.4 Å². The third-order valence-electron chi connectivity index (χ3n) is 2.89. The van der Waals surface area contributed by atoms with Crippen molar-refractivity contribution in [1.82, 2.24) is 4.90 Å². The largest absolute Gasteiger partial charge is 0.392 e. The van der Waals surface area contributed by atoms with Gasteiger partial charge in [0.05, 0.1) is 18.3 Å². The molecule has 2 fully saturated rings. The summed E-state index contributed by atoms with van der Waals surface area (Å²) < 4.78 is 0. The minimum Gasteiger partial charge on any atom is -0.392 e. The second kappa shape index (κ2) is 2.96. The number of aliphatic hydroxyl groups excluding tert-OH is 3. The molecule has 0 bridgehead atoms. The Bertz CT molecular complexity index is 158. The van der Waals surface area contributed by atoms with Gasteiger partial charge in [0.25, 0.3) is 0 Å². The summed E-state index contributed by atoms with van der Waals surface area (Å²) in [5, 5.41) is 28.0. The molecule has 70 valence electrons. The van der Waals surface area contributed by atoms with Crippen LogP contribution in [0.2, 0.25) is 0 Å². The summed E-state index contributed by atoms with van der Waals surface area (Å²) in [6.07, 6.45) is -0.169. The molecule has 2 saturated heterocycles. The molecular formula is C8H15NO3. The molecule has 0 radical (unpaired) electrons. The van der Waals surface area contributed by atoms with Gasteiger partial charge in [-0.15, -0.1) is 0 Å². The molecule has 0 amide bonds. The molecule has 0 spiro atoms. The van der Waals surface area contributed by atoms with Crippen LogP contribution in [0, 0.1) is 0 Å². The van der Waals surface area contributed by atoms with Crippen LogP contribution in [0.5, 0.6) is 0 Å². The van der Waals surface area contributed by atoms with Gasteiger partial charge in [0.2, 0.25) is 0 Å². The first-order chi connectivity index (χ1) is 5.66. The zero-order valence-electron chi connectivity index (χ0n) is 6.93. The van der Waals surface area contributed by atoms with E-state index < -0.39 is 12.2 Å². The van der Waals surface area contributed by atoms with Gasteiger partial charge >= 0.3 is 0 Å². The maximum absolute atomic E-state index is 9.35. The third-order valence-corrected chi connectivity index (χ3v) is 2.89. The van der Waals surface area contributed by atoms with E-state index in [-0.39, 0.29) is 12.1 Å². The fourth-order valence-corrected chi connectivity index (χ4v) is 2.22. The predicted octanol–water partition coefficient (Wildman–Crippen LogP) is -1.45. The first kappa shape index (κ1) is 8.44. The van der Waals surface area contributed by atoms with Gasteiger partial charge < -0.3 is 15.3 Å². The Morgan fingerprint density at radius 3 is 2.42 bits per heavy atom. The summed E-state index contributed by atoms with van der Waals surface area (Å²) in [6, 6.07) is 0.276. The van der Waals surface area contributed by atoms with Crippen LogP contribution in [0.3, 0.4) is 0 Å². The van der Waals surface area contributed by atoms with Crippen molar-refractivity contribution in [3.05, 3.63) is 0 Å². The standard InChI is InChI=1S/C8H15NO3/c10-6-1-5-2-7(11)8(12)4-9(5)3-6/h5-8,10-12H,1-4H2/t5-,6-,7+,8-/m0/s1. The highest BCUT2D eigenvalue weighted by Crippen LogP contribution is 2.27. The van der Waals surface area contributed by atoms with Crippen LogP contribution >= 0.6 is 0 Å². The van der Waals surface area contributed by atoms with Crippen molar-refractivity contribution in [1.29, 1.82) is 0 Å². The fourth-order valence-electron chi connectivity index (χ4n) is 2.22. The van der Waals surface area contributed by atoms with Crippen molar-refractivity contribution >= 4 is 0 Å². The van der Waals surface area contributed by atoms with E-state index in [9.17, 15) is 15.3 Å². The third kappa shape index (κ3) is 1.35. The monoisotopic (exact) mass is 173 g/mol. The fraction of sp³-hybridized carbons (Fsp3) is 1.00. The molecule has 12 heavy (non-hydrogen) atoms. The summed E-state index contributed by atoms with van der Waals surface area (Å²) in [7, 11) is 0. The molecule has 2 aliphatic heterocycles. The summed E-state index contributed by atoms with van der Waals surface area (Å²) in [4.78, 5) is 2.06. The molecule has 3 N–H and O–H groups in total. The molecule has 4 atom stereocenters. The average Bonchev–Trinajstić information content (AvgIpc) is 2.30. The van der Waals surface area contributed by atoms with Gasteiger partial charge in [-0.1, -0.05) is 0 Å². The maximum Gasteiger partial charge on any atom is 0.0926 e. The second-order valence-corrected chi connectivity index (χ2v) is 3.87. The van der Waals surface area contributed by atoms with Crippen LogP contribution in [0.25, 0.3) is 0 Å². The molecule has 0 aromatic heterocycles. The number of fused-ring (bicyclic) bond motifs is 1. The van der Waals surface area contributed by atoms with Crippen molar-refractivity contribution in [2.45, 2.75) is 37.2 Å². The number of piperidine rings is 1. The van der Waals surface area contributed by atoms with E-state index in [0.717, 1.165) is 6.42 Å². The lowest BCUT2D eigenvalue weighted by atomic mass is 9.98. The molecule has 0 unspecified atom stereocenters. The number of aliphatic hydroxyl groups is 3. The van der Waals surface area contributed by atoms with Gasteiger partial charge in [-0.05, 0) is 12.8 Å². The van der Waals surface area contributed by atoms with E-state index in [1.54, 1.807) is 0 Å². The van der Waals surface area contributed by atoms with E-state index >= 15 is 0 Å². The summed E-state index contributed by atoms with van der Waals surface area (Å²) >= 11 is 0. The van der Waals surface area contributed by atoms with Crippen molar-refractivity contribution in [2.24, 2.45) is 0 Å². The quantitative estimate of drug-likeness (QED) is 0.419. The average molecular weight is 173 g/mol. The summed E-state index contributed by atoms with van der Waals surface area (Å²) in [5.41, 5.74) is 0. The Hall–Kier alpha value is -0.160. The lowest BCUT2D eigenvalue weighted by Crippen LogP contribution is -2.49. The van der Waals surface area contributed by atoms with Crippen LogP contribution in [0.15, 0.2) is 0 Å². The topological polar surface area (TPSA) is 63.9 Å². The molecule has 4 heteroatoms. The SMILES string of the molecule is O[C@H]1C[C@H]2C[C@@H](O)[C@@H](O)CN2C1. The highest BCUT2D eigenvalue weighted by Gasteiger charge is 2.39. The van der Waals surface area contributed by atoms with E-state index in [1.165, 1.54) is 0 Å². The van der Waals surface area contributed by atoms with Crippen LogP contribution in [0.1, 0.15) is 12.8 Å². The van der Waals surface area contributed by atoms with Crippen molar-refractivity contribution < 1.29 is 15.3 Å². The Morgan fingerprint density at radius 1 is 0.917 bits per heavy atom. The lowest BCUT2D eigenvalue weighted by molar-refractivity contribution is -0.0504. The number of hydrogen-bond acceptors (Lipinski definition) is 4. The summed E-state index contributed by atoms with van der Waals surface area (Å²) in [5.74, 6) is 0. The normalized spacial score (nSPS) is 49.2. The van der Waals surface area contributed by atoms with E-state index in [2.05, 4.69) is 4.90 Å². The first-order valence-corrected chi connectivity index (χ1v) is 4.45. The van der Waals surface area contributed by atoms with Crippen molar-refractivity contribution in [3.8, 4) is 0 Å². The van der Waals surface area contributed by atoms with Crippen molar-refractivity contribution in [3.63, 3.8) is 0 Å². The number of rotatable bonds is 0. The zero-order valence-corrected chi connectivity index (χ0v) is 6.93. The molecule has 0 aromatic carbocycles. The molecule has 2 rings (SSSR count). The minimum absolute atomic E-state index is 0.271. The molecule has 0 saturated carbocycles. The van der Waals surface area contributed by atoms with E-state index in [1.807, 2.05) is 0 Å². The van der Waals surface area contributed by atoms with Gasteiger partial charge in [-0.25, -0.2) is 0 Å². The molecule has 2 heterocycles. The lowest BCUT2D eigenvalue weighted by Gasteiger charge is -2.35. The second-order valence-electron chi connectivity index (χ2n) is 3.87. The highest BCUT2D eigenvalue weighted by atomic mass is 16.3. The van der Waals surface area contributed by atoms with E-state index in [0.29, 0.717) is 19.5 Å². The Morgan fingerprint density at radius 2 is 1.67 bits per heavy atom.